The van der Waals surface area contributed by atoms with Crippen molar-refractivity contribution in [1.29, 1.82) is 0 Å². The smallest absolute Gasteiger partial charge is 0.252 e. The van der Waals surface area contributed by atoms with Gasteiger partial charge in [-0.2, -0.15) is 0 Å². The first-order chi connectivity index (χ1) is 16.9. The van der Waals surface area contributed by atoms with E-state index in [4.69, 9.17) is 13.9 Å². The summed E-state index contributed by atoms with van der Waals surface area (Å²) < 4.78 is 17.5. The van der Waals surface area contributed by atoms with Gasteiger partial charge in [0.15, 0.2) is 10.6 Å². The van der Waals surface area contributed by atoms with Gasteiger partial charge < -0.3 is 29.4 Å². The van der Waals surface area contributed by atoms with Crippen LogP contribution in [-0.4, -0.2) is 51.3 Å². The largest absolute Gasteiger partial charge is 0.496 e. The summed E-state index contributed by atoms with van der Waals surface area (Å²) in [6.45, 7) is 8.28. The lowest BCUT2D eigenvalue weighted by atomic mass is 9.98. The molecule has 0 bridgehead atoms. The minimum Gasteiger partial charge on any atom is -0.496 e. The number of ether oxygens (including phenoxy) is 2. The molecule has 9 heteroatoms. The van der Waals surface area contributed by atoms with Gasteiger partial charge in [-0.25, -0.2) is 4.79 Å². The van der Waals surface area contributed by atoms with E-state index in [1.807, 2.05) is 31.9 Å². The number of hydrogen-bond donors (Lipinski definition) is 2. The summed E-state index contributed by atoms with van der Waals surface area (Å²) in [6.07, 6.45) is 3.65. The Hall–Kier alpha value is -3.00. The van der Waals surface area contributed by atoms with Crippen molar-refractivity contribution in [1.82, 2.24) is 10.6 Å². The fourth-order valence-corrected chi connectivity index (χ4v) is 5.27. The molecule has 1 aromatic heterocycles. The van der Waals surface area contributed by atoms with Crippen LogP contribution >= 0.6 is 15.9 Å². The second-order valence-corrected chi connectivity index (χ2v) is 9.43. The summed E-state index contributed by atoms with van der Waals surface area (Å²) in [7, 11) is 1.53. The lowest BCUT2D eigenvalue weighted by Gasteiger charge is -2.36. The Labute approximate surface area is 213 Å². The van der Waals surface area contributed by atoms with Gasteiger partial charge in [-0.15, -0.1) is 0 Å². The number of nitrogens with zero attached hydrogens (tertiary/aromatic N) is 1. The molecular weight excluding hydrogens is 514 g/mol. The number of amides is 1. The highest BCUT2D eigenvalue weighted by Gasteiger charge is 2.27. The van der Waals surface area contributed by atoms with Crippen LogP contribution in [0.15, 0.2) is 50.0 Å². The molecule has 1 aromatic carbocycles. The number of allylic oxidation sites excluding steroid dienone is 2. The number of carbonyl (C=O) groups is 1. The Morgan fingerprint density at radius 1 is 1.31 bits per heavy atom. The molecule has 4 rings (SSSR count). The highest BCUT2D eigenvalue weighted by molar-refractivity contribution is 9.10. The van der Waals surface area contributed by atoms with E-state index >= 15 is 0 Å². The first kappa shape index (κ1) is 25.1. The van der Waals surface area contributed by atoms with Crippen molar-refractivity contribution in [3.05, 3.63) is 56.7 Å². The van der Waals surface area contributed by atoms with Crippen LogP contribution in [-0.2, 0) is 14.3 Å². The number of benzene rings is 1. The van der Waals surface area contributed by atoms with Crippen LogP contribution in [0.25, 0.3) is 11.0 Å². The third kappa shape index (κ3) is 5.03. The topological polar surface area (TPSA) is 93.0 Å². The van der Waals surface area contributed by atoms with Crippen molar-refractivity contribution >= 4 is 44.4 Å². The third-order valence-corrected chi connectivity index (χ3v) is 6.94. The molecule has 0 spiro atoms. The zero-order valence-electron chi connectivity index (χ0n) is 20.4. The van der Waals surface area contributed by atoms with Crippen LogP contribution in [0.1, 0.15) is 42.6 Å². The summed E-state index contributed by atoms with van der Waals surface area (Å²) in [6, 6.07) is 4.16. The van der Waals surface area contributed by atoms with Crippen molar-refractivity contribution in [3.63, 3.8) is 0 Å². The number of nitrogens with one attached hydrogen (secondary N) is 2. The summed E-state index contributed by atoms with van der Waals surface area (Å²) in [4.78, 5) is 27.5. The molecule has 2 N–H and O–H groups in total. The second kappa shape index (κ2) is 10.7. The van der Waals surface area contributed by atoms with Crippen LogP contribution in [0.4, 0.5) is 5.69 Å². The maximum atomic E-state index is 13.6. The van der Waals surface area contributed by atoms with E-state index < -0.39 is 0 Å². The minimum absolute atomic E-state index is 0.102. The minimum atomic E-state index is -0.259. The zero-order chi connectivity index (χ0) is 25.1. The van der Waals surface area contributed by atoms with Gasteiger partial charge in [-0.1, -0.05) is 0 Å². The van der Waals surface area contributed by atoms with Crippen LogP contribution < -0.4 is 15.5 Å². The van der Waals surface area contributed by atoms with Crippen molar-refractivity contribution in [2.75, 3.05) is 38.3 Å². The molecule has 0 unspecified atom stereocenters. The maximum Gasteiger partial charge on any atom is 0.252 e. The second-order valence-electron chi connectivity index (χ2n) is 8.65. The molecule has 2 aliphatic heterocycles. The normalized spacial score (nSPS) is 16.6. The van der Waals surface area contributed by atoms with Gasteiger partial charge in [-0.05, 0) is 67.2 Å². The summed E-state index contributed by atoms with van der Waals surface area (Å²) in [5.74, 6) is 2.17. The fourth-order valence-electron chi connectivity index (χ4n) is 4.87. The van der Waals surface area contributed by atoms with Gasteiger partial charge in [0.1, 0.15) is 17.0 Å². The first-order valence-electron chi connectivity index (χ1n) is 11.7. The van der Waals surface area contributed by atoms with E-state index in [0.717, 1.165) is 54.9 Å². The van der Waals surface area contributed by atoms with Gasteiger partial charge in [0.05, 0.1) is 12.7 Å². The predicted octanol–water partition coefficient (Wildman–Crippen LogP) is 4.36. The SMILES string of the molecule is CCN(c1cc2oc(Br)cc2c(C(=O)NCC2=C(OC)C=C(C)NC2=C=O)c1C)C1CCOCC1. The number of dihydropyridines is 1. The quantitative estimate of drug-likeness (QED) is 0.501. The van der Waals surface area contributed by atoms with Gasteiger partial charge in [-0.3, -0.25) is 4.79 Å². The Kier molecular flexibility index (Phi) is 7.69. The van der Waals surface area contributed by atoms with E-state index in [1.54, 1.807) is 6.08 Å². The molecule has 0 radical (unpaired) electrons. The van der Waals surface area contributed by atoms with Crippen molar-refractivity contribution in [2.24, 2.45) is 0 Å². The van der Waals surface area contributed by atoms with Crippen molar-refractivity contribution in [3.8, 4) is 0 Å². The van der Waals surface area contributed by atoms with Gasteiger partial charge in [0.2, 0.25) is 0 Å². The molecule has 3 heterocycles. The lowest BCUT2D eigenvalue weighted by molar-refractivity contribution is 0.0846. The first-order valence-corrected chi connectivity index (χ1v) is 12.5. The number of carbonyl (C=O) groups excluding carboxylic acids is 2. The molecule has 0 saturated carbocycles. The molecule has 1 amide bonds. The number of furan rings is 1. The molecule has 2 aliphatic rings. The molecular formula is C26H30BrN3O5. The Balaban J connectivity index is 1.72. The number of rotatable bonds is 7. The van der Waals surface area contributed by atoms with E-state index in [9.17, 15) is 9.59 Å². The standard InChI is InChI=1S/C26H30BrN3O5/c1-5-30(17-6-8-34-9-7-17)21-12-23-18(11-24(27)35-23)25(16(21)3)26(32)28-13-19-20(14-31)29-15(2)10-22(19)33-4/h10-12,17,29H,5-9,13H2,1-4H3,(H,28,32). The number of fused-ring (bicyclic) bond motifs is 1. The van der Waals surface area contributed by atoms with Crippen molar-refractivity contribution in [2.45, 2.75) is 39.7 Å². The maximum absolute atomic E-state index is 13.6. The average molecular weight is 544 g/mol. The molecule has 1 fully saturated rings. The van der Waals surface area contributed by atoms with Gasteiger partial charge >= 0.3 is 0 Å². The monoisotopic (exact) mass is 543 g/mol. The Bertz CT molecular complexity index is 1250. The predicted molar refractivity (Wildman–Crippen MR) is 138 cm³/mol. The molecule has 0 atom stereocenters. The number of anilines is 1. The summed E-state index contributed by atoms with van der Waals surface area (Å²) in [5, 5.41) is 6.69. The highest BCUT2D eigenvalue weighted by atomic mass is 79.9. The van der Waals surface area contributed by atoms with Crippen LogP contribution in [0.5, 0.6) is 0 Å². The van der Waals surface area contributed by atoms with Gasteiger partial charge in [0.25, 0.3) is 5.91 Å². The lowest BCUT2D eigenvalue weighted by Crippen LogP contribution is -2.40. The molecule has 2 aromatic rings. The summed E-state index contributed by atoms with van der Waals surface area (Å²) >= 11 is 3.42. The van der Waals surface area contributed by atoms with Gasteiger partial charge in [0, 0.05) is 60.8 Å². The molecule has 0 aliphatic carbocycles. The van der Waals surface area contributed by atoms with E-state index in [0.29, 0.717) is 33.2 Å². The Morgan fingerprint density at radius 2 is 2.06 bits per heavy atom. The molecule has 186 valence electrons. The number of halogens is 1. The van der Waals surface area contributed by atoms with Crippen molar-refractivity contribution < 1.29 is 23.5 Å². The van der Waals surface area contributed by atoms with Crippen LogP contribution in [0, 0.1) is 6.92 Å². The molecule has 1 saturated heterocycles. The fraction of sp³-hybridized carbons (Fsp3) is 0.423. The number of methoxy groups -OCH3 is 1. The highest BCUT2D eigenvalue weighted by Crippen LogP contribution is 2.36. The van der Waals surface area contributed by atoms with E-state index in [1.165, 1.54) is 7.11 Å². The average Bonchev–Trinajstić information content (AvgIpc) is 3.23. The van der Waals surface area contributed by atoms with E-state index in [2.05, 4.69) is 38.4 Å². The van der Waals surface area contributed by atoms with E-state index in [-0.39, 0.29) is 18.1 Å². The summed E-state index contributed by atoms with van der Waals surface area (Å²) in [5.41, 5.74) is 4.58. The number of hydrogen-bond acceptors (Lipinski definition) is 7. The molecule has 35 heavy (non-hydrogen) atoms. The van der Waals surface area contributed by atoms with Crippen LogP contribution in [0.2, 0.25) is 0 Å². The van der Waals surface area contributed by atoms with Crippen LogP contribution in [0.3, 0.4) is 0 Å². The Morgan fingerprint density at radius 3 is 2.71 bits per heavy atom. The third-order valence-electron chi connectivity index (χ3n) is 6.55. The molecule has 8 nitrogen and oxygen atoms in total. The zero-order valence-corrected chi connectivity index (χ0v) is 22.0.